The molecule has 1 aromatic rings. The quantitative estimate of drug-likeness (QED) is 0.608. The van der Waals surface area contributed by atoms with Crippen molar-refractivity contribution in [3.8, 4) is 6.07 Å². The van der Waals surface area contributed by atoms with Gasteiger partial charge in [-0.1, -0.05) is 6.92 Å². The van der Waals surface area contributed by atoms with Crippen molar-refractivity contribution in [3.05, 3.63) is 33.9 Å². The molecular formula is C13H16N4O3. The second-order valence-corrected chi connectivity index (χ2v) is 4.31. The van der Waals surface area contributed by atoms with Gasteiger partial charge in [0.1, 0.15) is 6.07 Å². The number of carbonyl (C=O) groups excluding carboxylic acids is 1. The van der Waals surface area contributed by atoms with Crippen molar-refractivity contribution < 1.29 is 9.72 Å². The molecule has 0 bridgehead atoms. The molecule has 1 rings (SSSR count). The zero-order chi connectivity index (χ0) is 15.1. The van der Waals surface area contributed by atoms with Crippen LogP contribution in [0.5, 0.6) is 0 Å². The van der Waals surface area contributed by atoms with Crippen molar-refractivity contribution in [2.24, 2.45) is 0 Å². The molecule has 0 saturated carbocycles. The number of hydrogen-bond acceptors (Lipinski definition) is 5. The number of rotatable bonds is 6. The van der Waals surface area contributed by atoms with Crippen LogP contribution in [0.15, 0.2) is 18.2 Å². The summed E-state index contributed by atoms with van der Waals surface area (Å²) < 4.78 is 0. The average molecular weight is 276 g/mol. The highest BCUT2D eigenvalue weighted by molar-refractivity contribution is 5.92. The Hall–Kier alpha value is -2.46. The maximum atomic E-state index is 11.8. The number of amides is 1. The van der Waals surface area contributed by atoms with Crippen LogP contribution in [0.1, 0.15) is 25.8 Å². The van der Waals surface area contributed by atoms with Gasteiger partial charge in [-0.3, -0.25) is 14.9 Å². The Bertz CT molecular complexity index is 551. The number of carbonyl (C=O) groups is 1. The highest BCUT2D eigenvalue weighted by Gasteiger charge is 2.14. The van der Waals surface area contributed by atoms with Gasteiger partial charge in [-0.25, -0.2) is 0 Å². The van der Waals surface area contributed by atoms with Crippen LogP contribution in [0.2, 0.25) is 0 Å². The lowest BCUT2D eigenvalue weighted by Gasteiger charge is -2.12. The zero-order valence-electron chi connectivity index (χ0n) is 11.3. The molecule has 0 heterocycles. The molecule has 20 heavy (non-hydrogen) atoms. The number of hydrogen-bond donors (Lipinski definition) is 2. The van der Waals surface area contributed by atoms with Crippen LogP contribution in [0.4, 0.5) is 11.4 Å². The highest BCUT2D eigenvalue weighted by atomic mass is 16.6. The number of nitrogens with zero attached hydrogens (tertiary/aromatic N) is 2. The largest absolute Gasteiger partial charge is 0.325 e. The topological polar surface area (TPSA) is 108 Å². The average Bonchev–Trinajstić information content (AvgIpc) is 2.38. The van der Waals surface area contributed by atoms with E-state index < -0.39 is 4.92 Å². The minimum absolute atomic E-state index is 0.0172. The Morgan fingerprint density at radius 3 is 2.80 bits per heavy atom. The van der Waals surface area contributed by atoms with Gasteiger partial charge in [-0.2, -0.15) is 5.26 Å². The predicted octanol–water partition coefficient (Wildman–Crippen LogP) is 1.79. The first-order valence-corrected chi connectivity index (χ1v) is 6.19. The summed E-state index contributed by atoms with van der Waals surface area (Å²) in [5.41, 5.74) is 0.177. The SMILES string of the molecule is CCNC(C)CC(=O)Nc1ccc([N+](=O)[O-])cc1C#N. The fraction of sp³-hybridized carbons (Fsp3) is 0.385. The standard InChI is InChI=1S/C13H16N4O3/c1-3-15-9(2)6-13(18)16-12-5-4-11(17(19)20)7-10(12)8-14/h4-5,7,9,15H,3,6H2,1-2H3,(H,16,18). The van der Waals surface area contributed by atoms with E-state index >= 15 is 0 Å². The monoisotopic (exact) mass is 276 g/mol. The van der Waals surface area contributed by atoms with Crippen molar-refractivity contribution >= 4 is 17.3 Å². The molecule has 2 N–H and O–H groups in total. The zero-order valence-corrected chi connectivity index (χ0v) is 11.3. The Morgan fingerprint density at radius 1 is 1.55 bits per heavy atom. The van der Waals surface area contributed by atoms with Crippen molar-refractivity contribution in [1.29, 1.82) is 5.26 Å². The van der Waals surface area contributed by atoms with E-state index in [0.29, 0.717) is 0 Å². The molecule has 0 fully saturated rings. The molecule has 0 aliphatic heterocycles. The van der Waals surface area contributed by atoms with Crippen LogP contribution in [0, 0.1) is 21.4 Å². The summed E-state index contributed by atoms with van der Waals surface area (Å²) in [6.07, 6.45) is 0.260. The van der Waals surface area contributed by atoms with E-state index in [2.05, 4.69) is 10.6 Å². The first-order valence-electron chi connectivity index (χ1n) is 6.19. The maximum absolute atomic E-state index is 11.8. The Balaban J connectivity index is 2.80. The molecule has 1 amide bonds. The number of nitriles is 1. The van der Waals surface area contributed by atoms with Gasteiger partial charge in [0.15, 0.2) is 0 Å². The summed E-state index contributed by atoms with van der Waals surface area (Å²) in [4.78, 5) is 21.8. The third kappa shape index (κ3) is 4.33. The molecule has 0 aliphatic carbocycles. The van der Waals surface area contributed by atoms with Crippen LogP contribution < -0.4 is 10.6 Å². The van der Waals surface area contributed by atoms with Gasteiger partial charge in [0.2, 0.25) is 5.91 Å². The van der Waals surface area contributed by atoms with Gasteiger partial charge in [-0.05, 0) is 19.5 Å². The molecule has 0 radical (unpaired) electrons. The van der Waals surface area contributed by atoms with Crippen molar-refractivity contribution in [2.75, 3.05) is 11.9 Å². The predicted molar refractivity (Wildman–Crippen MR) is 74.2 cm³/mol. The smallest absolute Gasteiger partial charge is 0.270 e. The fourth-order valence-corrected chi connectivity index (χ4v) is 1.75. The molecule has 7 heteroatoms. The van der Waals surface area contributed by atoms with E-state index in [1.165, 1.54) is 12.1 Å². The normalized spacial score (nSPS) is 11.4. The molecular weight excluding hydrogens is 260 g/mol. The van der Waals surface area contributed by atoms with E-state index in [4.69, 9.17) is 5.26 Å². The minimum Gasteiger partial charge on any atom is -0.325 e. The number of non-ortho nitro benzene ring substituents is 1. The lowest BCUT2D eigenvalue weighted by Crippen LogP contribution is -2.30. The molecule has 1 atom stereocenters. The van der Waals surface area contributed by atoms with E-state index in [9.17, 15) is 14.9 Å². The molecule has 0 aliphatic rings. The lowest BCUT2D eigenvalue weighted by atomic mass is 10.1. The molecule has 106 valence electrons. The fourth-order valence-electron chi connectivity index (χ4n) is 1.75. The number of nitro groups is 1. The number of anilines is 1. The summed E-state index contributed by atoms with van der Waals surface area (Å²) >= 11 is 0. The third-order valence-corrected chi connectivity index (χ3v) is 2.65. The van der Waals surface area contributed by atoms with E-state index in [0.717, 1.165) is 12.6 Å². The van der Waals surface area contributed by atoms with Crippen LogP contribution in [-0.4, -0.2) is 23.4 Å². The summed E-state index contributed by atoms with van der Waals surface area (Å²) in [7, 11) is 0. The lowest BCUT2D eigenvalue weighted by molar-refractivity contribution is -0.384. The molecule has 1 aromatic carbocycles. The molecule has 0 spiro atoms. The molecule has 7 nitrogen and oxygen atoms in total. The summed E-state index contributed by atoms with van der Waals surface area (Å²) in [6.45, 7) is 4.58. The van der Waals surface area contributed by atoms with Crippen LogP contribution >= 0.6 is 0 Å². The second-order valence-electron chi connectivity index (χ2n) is 4.31. The van der Waals surface area contributed by atoms with Crippen molar-refractivity contribution in [3.63, 3.8) is 0 Å². The number of nitro benzene ring substituents is 1. The van der Waals surface area contributed by atoms with Crippen LogP contribution in [-0.2, 0) is 4.79 Å². The highest BCUT2D eigenvalue weighted by Crippen LogP contribution is 2.21. The Kier molecular flexibility index (Phi) is 5.62. The summed E-state index contributed by atoms with van der Waals surface area (Å²) in [5.74, 6) is -0.246. The summed E-state index contributed by atoms with van der Waals surface area (Å²) in [5, 5.41) is 25.3. The van der Waals surface area contributed by atoms with Gasteiger partial charge in [0.05, 0.1) is 16.2 Å². The van der Waals surface area contributed by atoms with Crippen LogP contribution in [0.25, 0.3) is 0 Å². The minimum atomic E-state index is -0.584. The van der Waals surface area contributed by atoms with Gasteiger partial charge in [-0.15, -0.1) is 0 Å². The van der Waals surface area contributed by atoms with E-state index in [1.54, 1.807) is 0 Å². The van der Waals surface area contributed by atoms with E-state index in [-0.39, 0.29) is 35.3 Å². The number of nitrogens with one attached hydrogen (secondary N) is 2. The van der Waals surface area contributed by atoms with E-state index in [1.807, 2.05) is 19.9 Å². The first-order chi connectivity index (χ1) is 9.47. The molecule has 0 saturated heterocycles. The third-order valence-electron chi connectivity index (χ3n) is 2.65. The van der Waals surface area contributed by atoms with Gasteiger partial charge in [0.25, 0.3) is 5.69 Å². The van der Waals surface area contributed by atoms with Gasteiger partial charge in [0, 0.05) is 24.6 Å². The Labute approximate surface area is 116 Å². The van der Waals surface area contributed by atoms with Crippen molar-refractivity contribution in [1.82, 2.24) is 5.32 Å². The first kappa shape index (κ1) is 15.6. The van der Waals surface area contributed by atoms with Gasteiger partial charge >= 0.3 is 0 Å². The summed E-state index contributed by atoms with van der Waals surface area (Å²) in [6, 6.07) is 5.62. The van der Waals surface area contributed by atoms with Gasteiger partial charge < -0.3 is 10.6 Å². The van der Waals surface area contributed by atoms with Crippen LogP contribution in [0.3, 0.4) is 0 Å². The Morgan fingerprint density at radius 2 is 2.25 bits per heavy atom. The van der Waals surface area contributed by atoms with Crippen molar-refractivity contribution in [2.45, 2.75) is 26.3 Å². The second kappa shape index (κ2) is 7.21. The molecule has 1 unspecified atom stereocenters. The maximum Gasteiger partial charge on any atom is 0.270 e. The molecule has 0 aromatic heterocycles. The number of benzene rings is 1.